The summed E-state index contributed by atoms with van der Waals surface area (Å²) in [6.07, 6.45) is 2.59. The van der Waals surface area contributed by atoms with E-state index >= 15 is 0 Å². The van der Waals surface area contributed by atoms with Gasteiger partial charge in [0.1, 0.15) is 6.20 Å². The van der Waals surface area contributed by atoms with Crippen molar-refractivity contribution in [1.82, 2.24) is 4.98 Å². The van der Waals surface area contributed by atoms with Crippen molar-refractivity contribution in [3.63, 3.8) is 0 Å². The first kappa shape index (κ1) is 6.13. The van der Waals surface area contributed by atoms with E-state index in [-0.39, 0.29) is 5.82 Å². The normalized spacial score (nSPS) is 9.67. The maximum Gasteiger partial charge on any atom is 0.295 e. The lowest BCUT2D eigenvalue weighted by molar-refractivity contribution is -0.682. The van der Waals surface area contributed by atoms with Gasteiger partial charge in [0, 0.05) is 6.92 Å². The van der Waals surface area contributed by atoms with E-state index in [4.69, 9.17) is 0 Å². The van der Waals surface area contributed by atoms with Crippen LogP contribution in [0, 0.1) is 12.7 Å². The van der Waals surface area contributed by atoms with Crippen LogP contribution in [0.5, 0.6) is 0 Å². The molecule has 2 nitrogen and oxygen atoms in total. The van der Waals surface area contributed by atoms with Gasteiger partial charge < -0.3 is 0 Å². The Morgan fingerprint density at radius 3 is 2.78 bits per heavy atom. The van der Waals surface area contributed by atoms with Gasteiger partial charge in [-0.2, -0.15) is 4.39 Å². The molecule has 9 heavy (non-hydrogen) atoms. The fourth-order valence-corrected chi connectivity index (χ4v) is 0.558. The Morgan fingerprint density at radius 1 is 1.67 bits per heavy atom. The molecule has 0 aliphatic carbocycles. The quantitative estimate of drug-likeness (QED) is 0.459. The van der Waals surface area contributed by atoms with Crippen LogP contribution < -0.4 is 4.57 Å². The molecule has 1 aromatic rings. The van der Waals surface area contributed by atoms with E-state index < -0.39 is 0 Å². The zero-order valence-electron chi connectivity index (χ0n) is 5.43. The van der Waals surface area contributed by atoms with Crippen molar-refractivity contribution >= 4 is 0 Å². The van der Waals surface area contributed by atoms with E-state index in [2.05, 4.69) is 4.98 Å². The van der Waals surface area contributed by atoms with Crippen LogP contribution in [-0.4, -0.2) is 4.98 Å². The van der Waals surface area contributed by atoms with Gasteiger partial charge in [-0.1, -0.05) is 4.98 Å². The Kier molecular flexibility index (Phi) is 1.42. The average Bonchev–Trinajstić information content (AvgIpc) is 1.80. The van der Waals surface area contributed by atoms with Crippen molar-refractivity contribution in [3.8, 4) is 0 Å². The summed E-state index contributed by atoms with van der Waals surface area (Å²) in [6.45, 7) is 1.82. The number of aryl methyl sites for hydroxylation is 2. The maximum atomic E-state index is 12.3. The molecule has 0 aliphatic heterocycles. The highest BCUT2D eigenvalue weighted by Gasteiger charge is 2.01. The molecule has 0 aromatic carbocycles. The Morgan fingerprint density at radius 2 is 2.33 bits per heavy atom. The van der Waals surface area contributed by atoms with Crippen molar-refractivity contribution in [2.45, 2.75) is 6.92 Å². The Bertz CT molecular complexity index is 222. The molecule has 0 amide bonds. The molecule has 0 aliphatic rings. The van der Waals surface area contributed by atoms with Gasteiger partial charge in [-0.05, 0) is 0 Å². The number of halogens is 1. The van der Waals surface area contributed by atoms with E-state index in [9.17, 15) is 4.39 Å². The first-order chi connectivity index (χ1) is 4.20. The topological polar surface area (TPSA) is 16.8 Å². The Labute approximate surface area is 53.0 Å². The third-order valence-corrected chi connectivity index (χ3v) is 1.20. The van der Waals surface area contributed by atoms with E-state index in [0.717, 1.165) is 5.82 Å². The lowest BCUT2D eigenvalue weighted by atomic mass is 10.5. The molecule has 3 heteroatoms. The maximum absolute atomic E-state index is 12.3. The van der Waals surface area contributed by atoms with Crippen molar-refractivity contribution in [2.24, 2.45) is 7.05 Å². The second-order valence-corrected chi connectivity index (χ2v) is 1.93. The molecule has 48 valence electrons. The standard InChI is InChI=1S/C6H8FN2/c1-5-8-3-6(7)4-9(5)2/h3-4H,1-2H3/q+1. The molecule has 0 unspecified atom stereocenters. The second kappa shape index (κ2) is 2.09. The first-order valence-corrected chi connectivity index (χ1v) is 2.68. The van der Waals surface area contributed by atoms with Gasteiger partial charge in [0.15, 0.2) is 6.20 Å². The van der Waals surface area contributed by atoms with E-state index in [0.29, 0.717) is 0 Å². The molecule has 1 rings (SSSR count). The molecule has 0 saturated heterocycles. The molecule has 0 atom stereocenters. The van der Waals surface area contributed by atoms with Crippen LogP contribution in [-0.2, 0) is 7.05 Å². The minimum atomic E-state index is -0.303. The molecule has 0 saturated carbocycles. The number of hydrogen-bond acceptors (Lipinski definition) is 1. The first-order valence-electron chi connectivity index (χ1n) is 2.68. The summed E-state index contributed by atoms with van der Waals surface area (Å²) < 4.78 is 13.9. The lowest BCUT2D eigenvalue weighted by Gasteiger charge is -1.88. The fraction of sp³-hybridized carbons (Fsp3) is 0.333. The Hall–Kier alpha value is -0.990. The number of aromatic nitrogens is 2. The molecular weight excluding hydrogens is 119 g/mol. The van der Waals surface area contributed by atoms with Gasteiger partial charge in [-0.3, -0.25) is 0 Å². The summed E-state index contributed by atoms with van der Waals surface area (Å²) in [6, 6.07) is 0. The van der Waals surface area contributed by atoms with Gasteiger partial charge in [-0.15, -0.1) is 0 Å². The number of rotatable bonds is 0. The summed E-state index contributed by atoms with van der Waals surface area (Å²) in [5, 5.41) is 0. The van der Waals surface area contributed by atoms with Crippen LogP contribution in [0.2, 0.25) is 0 Å². The van der Waals surface area contributed by atoms with Crippen LogP contribution in [0.4, 0.5) is 4.39 Å². The minimum Gasteiger partial charge on any atom is -0.235 e. The highest BCUT2D eigenvalue weighted by atomic mass is 19.1. The molecular formula is C6H8FN2+. The minimum absolute atomic E-state index is 0.303. The van der Waals surface area contributed by atoms with E-state index in [1.54, 1.807) is 11.6 Å². The van der Waals surface area contributed by atoms with Crippen molar-refractivity contribution in [1.29, 1.82) is 0 Å². The molecule has 1 heterocycles. The molecule has 0 radical (unpaired) electrons. The predicted octanol–water partition coefficient (Wildman–Crippen LogP) is 0.354. The van der Waals surface area contributed by atoms with Gasteiger partial charge in [-0.25, -0.2) is 4.57 Å². The lowest BCUT2D eigenvalue weighted by Crippen LogP contribution is -2.33. The van der Waals surface area contributed by atoms with Crippen LogP contribution >= 0.6 is 0 Å². The summed E-state index contributed by atoms with van der Waals surface area (Å²) in [5.74, 6) is 0.500. The summed E-state index contributed by atoms with van der Waals surface area (Å²) in [4.78, 5) is 3.77. The highest BCUT2D eigenvalue weighted by Crippen LogP contribution is 1.87. The van der Waals surface area contributed by atoms with E-state index in [1.807, 2.05) is 6.92 Å². The molecule has 0 N–H and O–H groups in total. The Balaban J connectivity index is 3.17. The molecule has 1 aromatic heterocycles. The van der Waals surface area contributed by atoms with Crippen LogP contribution in [0.25, 0.3) is 0 Å². The molecule has 0 fully saturated rings. The third kappa shape index (κ3) is 1.22. The van der Waals surface area contributed by atoms with Crippen LogP contribution in [0.15, 0.2) is 12.4 Å². The van der Waals surface area contributed by atoms with Crippen LogP contribution in [0.3, 0.4) is 0 Å². The third-order valence-electron chi connectivity index (χ3n) is 1.20. The molecule has 0 bridgehead atoms. The van der Waals surface area contributed by atoms with Crippen LogP contribution in [0.1, 0.15) is 5.82 Å². The monoisotopic (exact) mass is 127 g/mol. The van der Waals surface area contributed by atoms with Gasteiger partial charge >= 0.3 is 0 Å². The summed E-state index contributed by atoms with van der Waals surface area (Å²) in [7, 11) is 1.76. The summed E-state index contributed by atoms with van der Waals surface area (Å²) in [5.41, 5.74) is 0. The van der Waals surface area contributed by atoms with Gasteiger partial charge in [0.25, 0.3) is 5.82 Å². The zero-order valence-corrected chi connectivity index (χ0v) is 5.43. The van der Waals surface area contributed by atoms with Gasteiger partial charge in [0.2, 0.25) is 5.82 Å². The van der Waals surface area contributed by atoms with Crippen molar-refractivity contribution < 1.29 is 8.96 Å². The average molecular weight is 127 g/mol. The largest absolute Gasteiger partial charge is 0.295 e. The van der Waals surface area contributed by atoms with Gasteiger partial charge in [0.05, 0.1) is 7.05 Å². The predicted molar refractivity (Wildman–Crippen MR) is 30.1 cm³/mol. The van der Waals surface area contributed by atoms with E-state index in [1.165, 1.54) is 12.4 Å². The second-order valence-electron chi connectivity index (χ2n) is 1.93. The fourth-order valence-electron chi connectivity index (χ4n) is 0.558. The van der Waals surface area contributed by atoms with Crippen molar-refractivity contribution in [2.75, 3.05) is 0 Å². The molecule has 0 spiro atoms. The van der Waals surface area contributed by atoms with Crippen molar-refractivity contribution in [3.05, 3.63) is 24.0 Å². The number of hydrogen-bond donors (Lipinski definition) is 0. The highest BCUT2D eigenvalue weighted by molar-refractivity contribution is 4.80. The SMILES string of the molecule is Cc1ncc(F)c[n+]1C. The summed E-state index contributed by atoms with van der Waals surface area (Å²) >= 11 is 0. The zero-order chi connectivity index (χ0) is 6.85. The number of nitrogens with zero attached hydrogens (tertiary/aromatic N) is 2. The smallest absolute Gasteiger partial charge is 0.235 e.